The number of aromatic hydroxyl groups is 1. The molecule has 0 aliphatic heterocycles. The van der Waals surface area contributed by atoms with Crippen molar-refractivity contribution in [1.29, 1.82) is 0 Å². The summed E-state index contributed by atoms with van der Waals surface area (Å²) in [5.41, 5.74) is 7.28. The maximum absolute atomic E-state index is 11.4. The summed E-state index contributed by atoms with van der Waals surface area (Å²) < 4.78 is 0. The zero-order valence-electron chi connectivity index (χ0n) is 9.27. The van der Waals surface area contributed by atoms with E-state index in [1.807, 2.05) is 0 Å². The Morgan fingerprint density at radius 3 is 2.94 bits per heavy atom. The zero-order chi connectivity index (χ0) is 12.7. The number of rotatable bonds is 2. The Hall–Kier alpha value is -2.76. The van der Waals surface area contributed by atoms with E-state index in [-0.39, 0.29) is 11.3 Å². The van der Waals surface area contributed by atoms with Gasteiger partial charge in [0.1, 0.15) is 11.4 Å². The Labute approximate surface area is 101 Å². The molecule has 0 atom stereocenters. The van der Waals surface area contributed by atoms with Crippen molar-refractivity contribution in [3.63, 3.8) is 0 Å². The summed E-state index contributed by atoms with van der Waals surface area (Å²) in [7, 11) is 0. The molecule has 5 N–H and O–H groups in total. The number of phenols is 1. The summed E-state index contributed by atoms with van der Waals surface area (Å²) in [6.45, 7) is 0. The van der Waals surface area contributed by atoms with Crippen LogP contribution in [0.25, 0.3) is 22.2 Å². The van der Waals surface area contributed by atoms with Crippen molar-refractivity contribution in [3.8, 4) is 17.0 Å². The quantitative estimate of drug-likeness (QED) is 0.544. The summed E-state index contributed by atoms with van der Waals surface area (Å²) in [4.78, 5) is 14.4. The largest absolute Gasteiger partial charge is 0.507 e. The molecule has 1 amide bonds. The fourth-order valence-corrected chi connectivity index (χ4v) is 2.03. The molecule has 0 saturated heterocycles. The minimum absolute atomic E-state index is 0.0760. The summed E-state index contributed by atoms with van der Waals surface area (Å²) in [5, 5.41) is 17.6. The van der Waals surface area contributed by atoms with Crippen molar-refractivity contribution in [1.82, 2.24) is 15.2 Å². The van der Waals surface area contributed by atoms with Crippen molar-refractivity contribution < 1.29 is 9.90 Å². The van der Waals surface area contributed by atoms with E-state index >= 15 is 0 Å². The molecule has 0 bridgehead atoms. The number of hydrogen-bond acceptors (Lipinski definition) is 3. The summed E-state index contributed by atoms with van der Waals surface area (Å²) in [6, 6.07) is 4.76. The predicted octanol–water partition coefficient (Wildman–Crippen LogP) is 1.36. The number of carbonyl (C=O) groups excluding carboxylic acids is 1. The molecule has 0 fully saturated rings. The van der Waals surface area contributed by atoms with Crippen LogP contribution in [0.15, 0.2) is 30.6 Å². The van der Waals surface area contributed by atoms with Gasteiger partial charge in [0, 0.05) is 23.3 Å². The molecular formula is C12H10N4O2. The first kappa shape index (κ1) is 10.4. The fourth-order valence-electron chi connectivity index (χ4n) is 2.03. The minimum Gasteiger partial charge on any atom is -0.507 e. The maximum Gasteiger partial charge on any atom is 0.253 e. The number of benzene rings is 1. The molecule has 3 aromatic rings. The molecule has 2 heterocycles. The minimum atomic E-state index is -0.685. The van der Waals surface area contributed by atoms with E-state index in [1.165, 1.54) is 6.07 Å². The normalized spacial score (nSPS) is 10.9. The van der Waals surface area contributed by atoms with Gasteiger partial charge >= 0.3 is 0 Å². The van der Waals surface area contributed by atoms with Gasteiger partial charge in [0.2, 0.25) is 0 Å². The van der Waals surface area contributed by atoms with Gasteiger partial charge in [-0.25, -0.2) is 0 Å². The van der Waals surface area contributed by atoms with Gasteiger partial charge in [0.25, 0.3) is 5.91 Å². The highest BCUT2D eigenvalue weighted by Gasteiger charge is 2.18. The first-order valence-corrected chi connectivity index (χ1v) is 5.31. The molecule has 0 aliphatic rings. The van der Waals surface area contributed by atoms with Crippen LogP contribution >= 0.6 is 0 Å². The van der Waals surface area contributed by atoms with E-state index in [4.69, 9.17) is 5.73 Å². The number of nitrogens with zero attached hydrogens (tertiary/aromatic N) is 1. The van der Waals surface area contributed by atoms with Crippen LogP contribution in [0.4, 0.5) is 0 Å². The van der Waals surface area contributed by atoms with Crippen molar-refractivity contribution in [2.24, 2.45) is 5.73 Å². The van der Waals surface area contributed by atoms with Gasteiger partial charge in [0.05, 0.1) is 11.1 Å². The number of aromatic amines is 2. The third-order valence-corrected chi connectivity index (χ3v) is 2.83. The number of primary amides is 1. The molecule has 2 aromatic heterocycles. The van der Waals surface area contributed by atoms with Crippen LogP contribution in [0.3, 0.4) is 0 Å². The van der Waals surface area contributed by atoms with E-state index in [0.29, 0.717) is 11.3 Å². The van der Waals surface area contributed by atoms with Gasteiger partial charge in [-0.3, -0.25) is 9.89 Å². The van der Waals surface area contributed by atoms with Crippen molar-refractivity contribution in [2.45, 2.75) is 0 Å². The van der Waals surface area contributed by atoms with Crippen LogP contribution in [0.5, 0.6) is 5.75 Å². The summed E-state index contributed by atoms with van der Waals surface area (Å²) in [5.74, 6) is -0.832. The highest BCUT2D eigenvalue weighted by atomic mass is 16.3. The molecule has 6 heteroatoms. The molecule has 0 spiro atoms. The predicted molar refractivity (Wildman–Crippen MR) is 66.1 cm³/mol. The Kier molecular flexibility index (Phi) is 2.09. The number of aromatic nitrogens is 3. The highest BCUT2D eigenvalue weighted by molar-refractivity contribution is 6.05. The van der Waals surface area contributed by atoms with E-state index in [1.54, 1.807) is 24.5 Å². The average Bonchev–Trinajstić information content (AvgIpc) is 2.89. The SMILES string of the molecule is NC(=O)c1c(O)cccc1-c1n[nH]c2c[nH]cc12. The number of amides is 1. The molecule has 90 valence electrons. The van der Waals surface area contributed by atoms with Crippen molar-refractivity contribution in [2.75, 3.05) is 0 Å². The number of fused-ring (bicyclic) bond motifs is 1. The van der Waals surface area contributed by atoms with Gasteiger partial charge in [-0.05, 0) is 6.07 Å². The second kappa shape index (κ2) is 3.63. The van der Waals surface area contributed by atoms with Gasteiger partial charge < -0.3 is 15.8 Å². The third kappa shape index (κ3) is 1.36. The van der Waals surface area contributed by atoms with Crippen LogP contribution in [-0.2, 0) is 0 Å². The molecule has 1 aromatic carbocycles. The highest BCUT2D eigenvalue weighted by Crippen LogP contribution is 2.32. The Bertz CT molecular complexity index is 741. The zero-order valence-corrected chi connectivity index (χ0v) is 9.27. The molecular weight excluding hydrogens is 232 g/mol. The number of nitrogens with one attached hydrogen (secondary N) is 2. The lowest BCUT2D eigenvalue weighted by Gasteiger charge is -2.06. The number of carbonyl (C=O) groups is 1. The average molecular weight is 242 g/mol. The summed E-state index contributed by atoms with van der Waals surface area (Å²) in [6.07, 6.45) is 3.53. The molecule has 0 radical (unpaired) electrons. The first-order chi connectivity index (χ1) is 8.68. The van der Waals surface area contributed by atoms with Crippen molar-refractivity contribution in [3.05, 3.63) is 36.2 Å². The first-order valence-electron chi connectivity index (χ1n) is 5.31. The lowest BCUT2D eigenvalue weighted by molar-refractivity contribution is 0.0998. The molecule has 0 unspecified atom stereocenters. The smallest absolute Gasteiger partial charge is 0.253 e. The second-order valence-corrected chi connectivity index (χ2v) is 3.92. The lowest BCUT2D eigenvalue weighted by atomic mass is 10.0. The van der Waals surface area contributed by atoms with Gasteiger partial charge in [0.15, 0.2) is 0 Å². The van der Waals surface area contributed by atoms with Crippen LogP contribution < -0.4 is 5.73 Å². The molecule has 0 aliphatic carbocycles. The Balaban J connectivity index is 2.33. The molecule has 6 nitrogen and oxygen atoms in total. The topological polar surface area (TPSA) is 108 Å². The van der Waals surface area contributed by atoms with E-state index in [2.05, 4.69) is 15.2 Å². The monoisotopic (exact) mass is 242 g/mol. The number of hydrogen-bond donors (Lipinski definition) is 4. The van der Waals surface area contributed by atoms with Gasteiger partial charge in [-0.2, -0.15) is 5.10 Å². The summed E-state index contributed by atoms with van der Waals surface area (Å²) >= 11 is 0. The molecule has 18 heavy (non-hydrogen) atoms. The van der Waals surface area contributed by atoms with Crippen molar-refractivity contribution >= 4 is 16.8 Å². The van der Waals surface area contributed by atoms with Crippen LogP contribution in [-0.4, -0.2) is 26.2 Å². The Morgan fingerprint density at radius 1 is 1.33 bits per heavy atom. The Morgan fingerprint density at radius 2 is 2.17 bits per heavy atom. The van der Waals surface area contributed by atoms with Crippen LogP contribution in [0.2, 0.25) is 0 Å². The second-order valence-electron chi connectivity index (χ2n) is 3.92. The number of nitrogens with two attached hydrogens (primary N) is 1. The van der Waals surface area contributed by atoms with E-state index < -0.39 is 5.91 Å². The number of H-pyrrole nitrogens is 2. The van der Waals surface area contributed by atoms with Crippen LogP contribution in [0.1, 0.15) is 10.4 Å². The standard InChI is InChI=1S/C12H10N4O2/c13-12(18)10-6(2-1-3-9(10)17)11-7-4-14-5-8(7)15-16-11/h1-5,14-15,17H,(H2,13,18). The third-order valence-electron chi connectivity index (χ3n) is 2.83. The fraction of sp³-hybridized carbons (Fsp3) is 0. The van der Waals surface area contributed by atoms with Gasteiger partial charge in [-0.15, -0.1) is 0 Å². The molecule has 3 rings (SSSR count). The van der Waals surface area contributed by atoms with Gasteiger partial charge in [-0.1, -0.05) is 12.1 Å². The van der Waals surface area contributed by atoms with E-state index in [0.717, 1.165) is 10.9 Å². The van der Waals surface area contributed by atoms with E-state index in [9.17, 15) is 9.90 Å². The maximum atomic E-state index is 11.4. The molecule has 0 saturated carbocycles. The lowest BCUT2D eigenvalue weighted by Crippen LogP contribution is -2.12. The van der Waals surface area contributed by atoms with Crippen LogP contribution in [0, 0.1) is 0 Å².